The highest BCUT2D eigenvalue weighted by Crippen LogP contribution is 2.26. The zero-order valence-corrected chi connectivity index (χ0v) is 11.1. The molecule has 0 bridgehead atoms. The van der Waals surface area contributed by atoms with E-state index in [0.717, 1.165) is 13.0 Å². The van der Waals surface area contributed by atoms with Crippen LogP contribution in [0.2, 0.25) is 0 Å². The monoisotopic (exact) mass is 254 g/mol. The highest BCUT2D eigenvalue weighted by molar-refractivity contribution is 5.89. The minimum Gasteiger partial charge on any atom is -0.378 e. The molecule has 0 spiro atoms. The molecule has 2 saturated heterocycles. The minimum atomic E-state index is -0.197. The van der Waals surface area contributed by atoms with Crippen LogP contribution < -0.4 is 10.6 Å². The first-order valence-electron chi connectivity index (χ1n) is 6.74. The summed E-state index contributed by atoms with van der Waals surface area (Å²) in [5.74, 6) is 0.641. The molecule has 102 valence electrons. The molecule has 2 heterocycles. The van der Waals surface area contributed by atoms with Crippen molar-refractivity contribution in [2.24, 2.45) is 17.8 Å². The molecule has 5 heteroatoms. The van der Waals surface area contributed by atoms with Crippen molar-refractivity contribution in [3.8, 4) is 0 Å². The van der Waals surface area contributed by atoms with Gasteiger partial charge in [-0.2, -0.15) is 0 Å². The minimum absolute atomic E-state index is 0.0113. The molecular formula is C13H22N2O3. The molecule has 0 aromatic rings. The van der Waals surface area contributed by atoms with Gasteiger partial charge in [0.05, 0.1) is 12.0 Å². The molecule has 2 fully saturated rings. The average Bonchev–Trinajstić information content (AvgIpc) is 2.94. The van der Waals surface area contributed by atoms with Gasteiger partial charge in [-0.3, -0.25) is 9.59 Å². The summed E-state index contributed by atoms with van der Waals surface area (Å²) in [4.78, 5) is 22.9. The number of ether oxygens (including phenoxy) is 1. The molecule has 2 aliphatic rings. The van der Waals surface area contributed by atoms with Crippen LogP contribution in [0, 0.1) is 17.8 Å². The first-order valence-corrected chi connectivity index (χ1v) is 6.74. The topological polar surface area (TPSA) is 67.4 Å². The number of rotatable bonds is 4. The fourth-order valence-electron chi connectivity index (χ4n) is 2.78. The third-order valence-electron chi connectivity index (χ3n) is 3.81. The van der Waals surface area contributed by atoms with E-state index in [1.54, 1.807) is 0 Å². The molecule has 0 aromatic heterocycles. The lowest BCUT2D eigenvalue weighted by molar-refractivity contribution is -0.126. The summed E-state index contributed by atoms with van der Waals surface area (Å²) < 4.78 is 5.68. The fourth-order valence-corrected chi connectivity index (χ4v) is 2.78. The van der Waals surface area contributed by atoms with E-state index in [4.69, 9.17) is 4.74 Å². The SMILES string of the molecule is CC(C)[C@H]1OCC[C@@H]1CNC(=O)[C@@H]1CNC(=O)C1. The maximum atomic E-state index is 11.9. The van der Waals surface area contributed by atoms with E-state index in [0.29, 0.717) is 31.3 Å². The van der Waals surface area contributed by atoms with Gasteiger partial charge < -0.3 is 15.4 Å². The van der Waals surface area contributed by atoms with Gasteiger partial charge >= 0.3 is 0 Å². The van der Waals surface area contributed by atoms with Crippen molar-refractivity contribution in [2.45, 2.75) is 32.8 Å². The number of carbonyl (C=O) groups excluding carboxylic acids is 2. The van der Waals surface area contributed by atoms with Crippen molar-refractivity contribution >= 4 is 11.8 Å². The Balaban J connectivity index is 1.77. The second-order valence-corrected chi connectivity index (χ2v) is 5.58. The third kappa shape index (κ3) is 3.02. The lowest BCUT2D eigenvalue weighted by Crippen LogP contribution is -2.38. The molecule has 0 aromatic carbocycles. The van der Waals surface area contributed by atoms with Crippen LogP contribution in [0.25, 0.3) is 0 Å². The van der Waals surface area contributed by atoms with Crippen LogP contribution in [-0.4, -0.2) is 37.6 Å². The van der Waals surface area contributed by atoms with Gasteiger partial charge in [0.2, 0.25) is 11.8 Å². The van der Waals surface area contributed by atoms with Crippen LogP contribution in [0.4, 0.5) is 0 Å². The van der Waals surface area contributed by atoms with Gasteiger partial charge in [-0.25, -0.2) is 0 Å². The fraction of sp³-hybridized carbons (Fsp3) is 0.846. The van der Waals surface area contributed by atoms with Gasteiger partial charge in [-0.15, -0.1) is 0 Å². The molecule has 2 N–H and O–H groups in total. The zero-order valence-electron chi connectivity index (χ0n) is 11.1. The molecule has 18 heavy (non-hydrogen) atoms. The van der Waals surface area contributed by atoms with E-state index >= 15 is 0 Å². The Hall–Kier alpha value is -1.10. The number of hydrogen-bond acceptors (Lipinski definition) is 3. The van der Waals surface area contributed by atoms with Gasteiger partial charge in [-0.1, -0.05) is 13.8 Å². The summed E-state index contributed by atoms with van der Waals surface area (Å²) in [7, 11) is 0. The molecule has 2 aliphatic heterocycles. The van der Waals surface area contributed by atoms with E-state index in [1.165, 1.54) is 0 Å². The molecule has 0 radical (unpaired) electrons. The quantitative estimate of drug-likeness (QED) is 0.758. The summed E-state index contributed by atoms with van der Waals surface area (Å²) in [6.45, 7) is 6.20. The number of carbonyl (C=O) groups is 2. The van der Waals surface area contributed by atoms with Gasteiger partial charge in [0, 0.05) is 32.0 Å². The van der Waals surface area contributed by atoms with Gasteiger partial charge in [0.15, 0.2) is 0 Å². The highest BCUT2D eigenvalue weighted by atomic mass is 16.5. The lowest BCUT2D eigenvalue weighted by Gasteiger charge is -2.22. The zero-order chi connectivity index (χ0) is 13.1. The molecule has 0 aliphatic carbocycles. The van der Waals surface area contributed by atoms with Crippen LogP contribution in [0.1, 0.15) is 26.7 Å². The lowest BCUT2D eigenvalue weighted by atomic mass is 9.93. The van der Waals surface area contributed by atoms with E-state index in [9.17, 15) is 9.59 Å². The Morgan fingerprint density at radius 2 is 2.33 bits per heavy atom. The maximum Gasteiger partial charge on any atom is 0.225 e. The Labute approximate surface area is 108 Å². The summed E-state index contributed by atoms with van der Waals surface area (Å²) in [5.41, 5.74) is 0. The van der Waals surface area contributed by atoms with Crippen LogP contribution in [-0.2, 0) is 14.3 Å². The molecule has 5 nitrogen and oxygen atoms in total. The number of nitrogens with one attached hydrogen (secondary N) is 2. The van der Waals surface area contributed by atoms with Crippen LogP contribution in [0.3, 0.4) is 0 Å². The van der Waals surface area contributed by atoms with Crippen LogP contribution in [0.15, 0.2) is 0 Å². The second-order valence-electron chi connectivity index (χ2n) is 5.58. The van der Waals surface area contributed by atoms with Crippen LogP contribution in [0.5, 0.6) is 0 Å². The first kappa shape index (κ1) is 13.3. The molecule has 0 unspecified atom stereocenters. The molecular weight excluding hydrogens is 232 g/mol. The molecule has 3 atom stereocenters. The third-order valence-corrected chi connectivity index (χ3v) is 3.81. The first-order chi connectivity index (χ1) is 8.58. The van der Waals surface area contributed by atoms with Crippen molar-refractivity contribution < 1.29 is 14.3 Å². The van der Waals surface area contributed by atoms with E-state index in [1.807, 2.05) is 0 Å². The normalized spacial score (nSPS) is 31.7. The Morgan fingerprint density at radius 1 is 1.56 bits per heavy atom. The van der Waals surface area contributed by atoms with Crippen molar-refractivity contribution in [3.63, 3.8) is 0 Å². The predicted molar refractivity (Wildman–Crippen MR) is 66.8 cm³/mol. The van der Waals surface area contributed by atoms with E-state index in [-0.39, 0.29) is 23.8 Å². The predicted octanol–water partition coefficient (Wildman–Crippen LogP) is 0.300. The highest BCUT2D eigenvalue weighted by Gasteiger charge is 2.32. The molecule has 2 amide bonds. The Bertz CT molecular complexity index is 330. The number of hydrogen-bond donors (Lipinski definition) is 2. The Kier molecular flexibility index (Phi) is 4.22. The van der Waals surface area contributed by atoms with Crippen molar-refractivity contribution in [2.75, 3.05) is 19.7 Å². The van der Waals surface area contributed by atoms with Crippen molar-refractivity contribution in [1.82, 2.24) is 10.6 Å². The summed E-state index contributed by atoms with van der Waals surface area (Å²) in [6, 6.07) is 0. The van der Waals surface area contributed by atoms with E-state index < -0.39 is 0 Å². The molecule has 0 saturated carbocycles. The Morgan fingerprint density at radius 3 is 2.94 bits per heavy atom. The summed E-state index contributed by atoms with van der Waals surface area (Å²) >= 11 is 0. The van der Waals surface area contributed by atoms with Crippen molar-refractivity contribution in [1.29, 1.82) is 0 Å². The number of amides is 2. The smallest absolute Gasteiger partial charge is 0.225 e. The van der Waals surface area contributed by atoms with Gasteiger partial charge in [-0.05, 0) is 12.3 Å². The summed E-state index contributed by atoms with van der Waals surface area (Å²) in [5, 5.41) is 5.64. The summed E-state index contributed by atoms with van der Waals surface area (Å²) in [6.07, 6.45) is 1.57. The standard InChI is InChI=1S/C13H22N2O3/c1-8(2)12-9(3-4-18-12)6-15-13(17)10-5-11(16)14-7-10/h8-10,12H,3-7H2,1-2H3,(H,14,16)(H,15,17)/t9-,10+,12-/m1/s1. The van der Waals surface area contributed by atoms with Crippen LogP contribution >= 0.6 is 0 Å². The van der Waals surface area contributed by atoms with Gasteiger partial charge in [0.1, 0.15) is 0 Å². The maximum absolute atomic E-state index is 11.9. The van der Waals surface area contributed by atoms with Gasteiger partial charge in [0.25, 0.3) is 0 Å². The average molecular weight is 254 g/mol. The molecule has 2 rings (SSSR count). The largest absolute Gasteiger partial charge is 0.378 e. The van der Waals surface area contributed by atoms with Crippen molar-refractivity contribution in [3.05, 3.63) is 0 Å². The van der Waals surface area contributed by atoms with E-state index in [2.05, 4.69) is 24.5 Å². The second kappa shape index (κ2) is 5.69.